The molecule has 0 radical (unpaired) electrons. The summed E-state index contributed by atoms with van der Waals surface area (Å²) in [5, 5.41) is 3.28. The first kappa shape index (κ1) is 20.8. The second-order valence-electron chi connectivity index (χ2n) is 6.17. The second-order valence-corrected chi connectivity index (χ2v) is 6.61. The fourth-order valence-electron chi connectivity index (χ4n) is 2.35. The average Bonchev–Trinajstić information content (AvgIpc) is 2.67. The van der Waals surface area contributed by atoms with Crippen LogP contribution in [0.25, 0.3) is 0 Å². The molecule has 5 nitrogen and oxygen atoms in total. The lowest BCUT2D eigenvalue weighted by Gasteiger charge is -2.14. The predicted octanol–water partition coefficient (Wildman–Crippen LogP) is 4.63. The number of hydrogen-bond donors (Lipinski definition) is 1. The molecule has 0 aliphatic carbocycles. The minimum Gasteiger partial charge on any atom is -0.479 e. The lowest BCUT2D eigenvalue weighted by Crippen LogP contribution is -2.29. The van der Waals surface area contributed by atoms with Crippen LogP contribution in [0.5, 0.6) is 5.75 Å². The first-order valence-corrected chi connectivity index (χ1v) is 9.33. The molecule has 0 fully saturated rings. The molecule has 2 aromatic rings. The zero-order valence-electron chi connectivity index (χ0n) is 15.5. The summed E-state index contributed by atoms with van der Waals surface area (Å²) in [6, 6.07) is 14.3. The number of amides is 1. The van der Waals surface area contributed by atoms with Crippen molar-refractivity contribution < 1.29 is 19.1 Å². The number of unbranched alkanes of at least 4 members (excludes halogenated alkanes) is 1. The maximum Gasteiger partial charge on any atom is 0.347 e. The summed E-state index contributed by atoms with van der Waals surface area (Å²) in [4.78, 5) is 23.9. The van der Waals surface area contributed by atoms with Gasteiger partial charge in [0.1, 0.15) is 5.75 Å². The molecule has 0 saturated carbocycles. The Morgan fingerprint density at radius 3 is 2.37 bits per heavy atom. The molecule has 0 unspecified atom stereocenters. The molecule has 0 spiro atoms. The number of hydrogen-bond acceptors (Lipinski definition) is 4. The van der Waals surface area contributed by atoms with Gasteiger partial charge in [-0.3, -0.25) is 4.79 Å². The van der Waals surface area contributed by atoms with Crippen LogP contribution in [-0.2, 0) is 20.7 Å². The molecule has 6 heteroatoms. The van der Waals surface area contributed by atoms with E-state index in [0.29, 0.717) is 16.5 Å². The largest absolute Gasteiger partial charge is 0.479 e. The van der Waals surface area contributed by atoms with Gasteiger partial charge in [0, 0.05) is 10.7 Å². The highest BCUT2D eigenvalue weighted by molar-refractivity contribution is 6.30. The number of aryl methyl sites for hydroxylation is 1. The highest BCUT2D eigenvalue weighted by Crippen LogP contribution is 2.17. The van der Waals surface area contributed by atoms with Crippen molar-refractivity contribution in [2.75, 3.05) is 11.9 Å². The molecule has 144 valence electrons. The molecule has 0 heterocycles. The third kappa shape index (κ3) is 7.31. The van der Waals surface area contributed by atoms with Gasteiger partial charge in [0.05, 0.1) is 0 Å². The Labute approximate surface area is 164 Å². The first-order valence-electron chi connectivity index (χ1n) is 8.95. The fraction of sp³-hybridized carbons (Fsp3) is 0.333. The van der Waals surface area contributed by atoms with Crippen molar-refractivity contribution in [2.45, 2.75) is 39.2 Å². The Bertz CT molecular complexity index is 744. The van der Waals surface area contributed by atoms with Crippen molar-refractivity contribution in [3.8, 4) is 5.75 Å². The van der Waals surface area contributed by atoms with Crippen molar-refractivity contribution in [1.82, 2.24) is 0 Å². The fourth-order valence-corrected chi connectivity index (χ4v) is 2.48. The summed E-state index contributed by atoms with van der Waals surface area (Å²) in [7, 11) is 0. The molecule has 0 aliphatic heterocycles. The SMILES string of the molecule is CCCCc1ccc(NC(=O)COC(=O)[C@H](C)Oc2ccc(Cl)cc2)cc1. The average molecular weight is 390 g/mol. The Hall–Kier alpha value is -2.53. The van der Waals surface area contributed by atoms with Gasteiger partial charge in [0.2, 0.25) is 0 Å². The second kappa shape index (κ2) is 10.6. The van der Waals surface area contributed by atoms with Crippen molar-refractivity contribution in [1.29, 1.82) is 0 Å². The highest BCUT2D eigenvalue weighted by Gasteiger charge is 2.18. The summed E-state index contributed by atoms with van der Waals surface area (Å²) in [6.07, 6.45) is 2.47. The van der Waals surface area contributed by atoms with E-state index >= 15 is 0 Å². The van der Waals surface area contributed by atoms with Gasteiger partial charge in [0.25, 0.3) is 5.91 Å². The van der Waals surface area contributed by atoms with Crippen LogP contribution in [0.4, 0.5) is 5.69 Å². The van der Waals surface area contributed by atoms with Crippen molar-refractivity contribution >= 4 is 29.2 Å². The Morgan fingerprint density at radius 2 is 1.74 bits per heavy atom. The van der Waals surface area contributed by atoms with Crippen LogP contribution in [0, 0.1) is 0 Å². The monoisotopic (exact) mass is 389 g/mol. The third-order valence-electron chi connectivity index (χ3n) is 3.86. The van der Waals surface area contributed by atoms with Crippen LogP contribution in [0.15, 0.2) is 48.5 Å². The molecule has 2 rings (SSSR count). The number of benzene rings is 2. The molecule has 2 aromatic carbocycles. The molecule has 0 aliphatic rings. The van der Waals surface area contributed by atoms with Crippen molar-refractivity contribution in [2.24, 2.45) is 0 Å². The van der Waals surface area contributed by atoms with E-state index in [1.165, 1.54) is 5.56 Å². The standard InChI is InChI=1S/C21H24ClNO4/c1-3-4-5-16-6-10-18(11-7-16)23-20(24)14-26-21(25)15(2)27-19-12-8-17(22)9-13-19/h6-13,15H,3-5,14H2,1-2H3,(H,23,24)/t15-/m0/s1. The quantitative estimate of drug-likeness (QED) is 0.635. The Balaban J connectivity index is 1.75. The van der Waals surface area contributed by atoms with Gasteiger partial charge in [-0.1, -0.05) is 37.1 Å². The van der Waals surface area contributed by atoms with E-state index in [9.17, 15) is 9.59 Å². The summed E-state index contributed by atoms with van der Waals surface area (Å²) in [5.41, 5.74) is 1.90. The van der Waals surface area contributed by atoms with Crippen LogP contribution in [0.2, 0.25) is 5.02 Å². The van der Waals surface area contributed by atoms with Crippen LogP contribution < -0.4 is 10.1 Å². The third-order valence-corrected chi connectivity index (χ3v) is 4.11. The number of carbonyl (C=O) groups excluding carboxylic acids is 2. The number of nitrogens with one attached hydrogen (secondary N) is 1. The minimum absolute atomic E-state index is 0.370. The van der Waals surface area contributed by atoms with Gasteiger partial charge in [0.15, 0.2) is 12.7 Å². The van der Waals surface area contributed by atoms with Gasteiger partial charge in [-0.2, -0.15) is 0 Å². The van der Waals surface area contributed by atoms with Crippen LogP contribution in [0.1, 0.15) is 32.3 Å². The van der Waals surface area contributed by atoms with Gasteiger partial charge < -0.3 is 14.8 Å². The van der Waals surface area contributed by atoms with Gasteiger partial charge in [-0.15, -0.1) is 0 Å². The number of carbonyl (C=O) groups is 2. The van der Waals surface area contributed by atoms with E-state index in [2.05, 4.69) is 12.2 Å². The van der Waals surface area contributed by atoms with E-state index in [1.54, 1.807) is 31.2 Å². The van der Waals surface area contributed by atoms with Crippen LogP contribution in [0.3, 0.4) is 0 Å². The molecular weight excluding hydrogens is 366 g/mol. The summed E-state index contributed by atoms with van der Waals surface area (Å²) in [5.74, 6) is -0.519. The van der Waals surface area contributed by atoms with Crippen molar-refractivity contribution in [3.05, 3.63) is 59.1 Å². The molecule has 0 aromatic heterocycles. The lowest BCUT2D eigenvalue weighted by molar-refractivity contribution is -0.153. The number of ether oxygens (including phenoxy) is 2. The van der Waals surface area contributed by atoms with Gasteiger partial charge in [-0.25, -0.2) is 4.79 Å². The van der Waals surface area contributed by atoms with Crippen LogP contribution >= 0.6 is 11.6 Å². The summed E-state index contributed by atoms with van der Waals surface area (Å²) in [6.45, 7) is 3.34. The normalized spacial score (nSPS) is 11.5. The van der Waals surface area contributed by atoms with E-state index < -0.39 is 18.0 Å². The first-order chi connectivity index (χ1) is 13.0. The van der Waals surface area contributed by atoms with Gasteiger partial charge in [-0.05, 0) is 61.7 Å². The molecule has 0 saturated heterocycles. The van der Waals surface area contributed by atoms with Gasteiger partial charge >= 0.3 is 5.97 Å². The maximum atomic E-state index is 12.0. The minimum atomic E-state index is -0.836. The predicted molar refractivity (Wildman–Crippen MR) is 106 cm³/mol. The molecule has 27 heavy (non-hydrogen) atoms. The highest BCUT2D eigenvalue weighted by atomic mass is 35.5. The number of rotatable bonds is 9. The number of halogens is 1. The topological polar surface area (TPSA) is 64.6 Å². The van der Waals surface area contributed by atoms with Crippen molar-refractivity contribution in [3.63, 3.8) is 0 Å². The number of anilines is 1. The summed E-state index contributed by atoms with van der Waals surface area (Å²) >= 11 is 5.80. The summed E-state index contributed by atoms with van der Waals surface area (Å²) < 4.78 is 10.5. The van der Waals surface area contributed by atoms with E-state index in [0.717, 1.165) is 19.3 Å². The Morgan fingerprint density at radius 1 is 1.07 bits per heavy atom. The van der Waals surface area contributed by atoms with E-state index in [-0.39, 0.29) is 6.61 Å². The lowest BCUT2D eigenvalue weighted by atomic mass is 10.1. The van der Waals surface area contributed by atoms with E-state index in [1.807, 2.05) is 24.3 Å². The smallest absolute Gasteiger partial charge is 0.347 e. The zero-order chi connectivity index (χ0) is 19.6. The molecule has 1 atom stereocenters. The van der Waals surface area contributed by atoms with Crippen LogP contribution in [-0.4, -0.2) is 24.6 Å². The number of esters is 1. The Kier molecular flexibility index (Phi) is 8.14. The maximum absolute atomic E-state index is 12.0. The molecule has 0 bridgehead atoms. The van der Waals surface area contributed by atoms with E-state index in [4.69, 9.17) is 21.1 Å². The zero-order valence-corrected chi connectivity index (χ0v) is 16.3. The molecule has 1 N–H and O–H groups in total. The molecular formula is C21H24ClNO4. The molecule has 1 amide bonds.